The number of ether oxygens (including phenoxy) is 2. The van der Waals surface area contributed by atoms with Gasteiger partial charge in [0.1, 0.15) is 18.5 Å². The van der Waals surface area contributed by atoms with Crippen LogP contribution in [0.5, 0.6) is 0 Å². The molecule has 6 heteroatoms. The van der Waals surface area contributed by atoms with Crippen molar-refractivity contribution >= 4 is 6.01 Å². The van der Waals surface area contributed by atoms with E-state index in [1.807, 2.05) is 0 Å². The Morgan fingerprint density at radius 2 is 1.90 bits per heavy atom. The summed E-state index contributed by atoms with van der Waals surface area (Å²) in [7, 11) is 3.41. The van der Waals surface area contributed by atoms with E-state index in [4.69, 9.17) is 13.9 Å². The van der Waals surface area contributed by atoms with Crippen LogP contribution in [-0.2, 0) is 16.0 Å². The van der Waals surface area contributed by atoms with Crippen LogP contribution in [0.4, 0.5) is 6.01 Å². The Morgan fingerprint density at radius 3 is 2.40 bits per heavy atom. The Labute approximate surface area is 120 Å². The minimum Gasteiger partial charge on any atom is -0.432 e. The molecule has 1 aliphatic heterocycles. The van der Waals surface area contributed by atoms with Gasteiger partial charge in [0.25, 0.3) is 6.01 Å². The van der Waals surface area contributed by atoms with E-state index in [-0.39, 0.29) is 17.7 Å². The molecule has 1 aromatic heterocycles. The standard InChI is InChI=1S/C14H25N3O3/c1-14(2,3)15-6-10-9-20-13(16-10)17-7-11(18-4)12(8-17)19-5/h9,11-12,15H,6-8H2,1-5H3. The number of methoxy groups -OCH3 is 2. The largest absolute Gasteiger partial charge is 0.432 e. The van der Waals surface area contributed by atoms with Crippen LogP contribution in [-0.4, -0.2) is 50.0 Å². The Kier molecular flexibility index (Phi) is 4.67. The normalized spacial score (nSPS) is 23.6. The highest BCUT2D eigenvalue weighted by atomic mass is 16.5. The van der Waals surface area contributed by atoms with Gasteiger partial charge in [-0.3, -0.25) is 0 Å². The number of anilines is 1. The molecule has 0 amide bonds. The van der Waals surface area contributed by atoms with Crippen molar-refractivity contribution in [1.29, 1.82) is 0 Å². The monoisotopic (exact) mass is 283 g/mol. The van der Waals surface area contributed by atoms with Crippen molar-refractivity contribution in [2.45, 2.75) is 45.1 Å². The van der Waals surface area contributed by atoms with Crippen LogP contribution in [0.3, 0.4) is 0 Å². The lowest BCUT2D eigenvalue weighted by Crippen LogP contribution is -2.35. The second-order valence-electron chi connectivity index (χ2n) is 6.18. The van der Waals surface area contributed by atoms with E-state index in [9.17, 15) is 0 Å². The van der Waals surface area contributed by atoms with E-state index >= 15 is 0 Å². The van der Waals surface area contributed by atoms with Crippen molar-refractivity contribution < 1.29 is 13.9 Å². The number of nitrogens with zero attached hydrogens (tertiary/aromatic N) is 2. The summed E-state index contributed by atoms with van der Waals surface area (Å²) in [6.07, 6.45) is 1.82. The average molecular weight is 283 g/mol. The van der Waals surface area contributed by atoms with Crippen LogP contribution in [0, 0.1) is 0 Å². The molecule has 1 fully saturated rings. The first-order chi connectivity index (χ1) is 9.43. The predicted octanol–water partition coefficient (Wildman–Crippen LogP) is 1.41. The van der Waals surface area contributed by atoms with Gasteiger partial charge in [-0.05, 0) is 20.8 Å². The second-order valence-corrected chi connectivity index (χ2v) is 6.18. The molecule has 1 saturated heterocycles. The third-order valence-electron chi connectivity index (χ3n) is 3.43. The van der Waals surface area contributed by atoms with Crippen molar-refractivity contribution in [3.05, 3.63) is 12.0 Å². The molecule has 0 aromatic carbocycles. The Balaban J connectivity index is 1.96. The topological polar surface area (TPSA) is 59.8 Å². The molecule has 1 N–H and O–H groups in total. The van der Waals surface area contributed by atoms with Gasteiger partial charge < -0.3 is 24.1 Å². The lowest BCUT2D eigenvalue weighted by Gasteiger charge is -2.19. The second kappa shape index (κ2) is 6.11. The smallest absolute Gasteiger partial charge is 0.297 e. The maximum absolute atomic E-state index is 5.56. The van der Waals surface area contributed by atoms with Gasteiger partial charge in [-0.15, -0.1) is 0 Å². The fourth-order valence-electron chi connectivity index (χ4n) is 2.23. The van der Waals surface area contributed by atoms with E-state index in [2.05, 4.69) is 36.0 Å². The lowest BCUT2D eigenvalue weighted by atomic mass is 10.1. The van der Waals surface area contributed by atoms with Gasteiger partial charge in [0.05, 0.1) is 18.8 Å². The molecule has 2 atom stereocenters. The zero-order valence-corrected chi connectivity index (χ0v) is 13.0. The molecule has 6 nitrogen and oxygen atoms in total. The summed E-state index contributed by atoms with van der Waals surface area (Å²) in [6.45, 7) is 8.55. The van der Waals surface area contributed by atoms with Gasteiger partial charge in [0, 0.05) is 26.3 Å². The first kappa shape index (κ1) is 15.3. The quantitative estimate of drug-likeness (QED) is 0.882. The summed E-state index contributed by atoms with van der Waals surface area (Å²) in [5.74, 6) is 0. The molecular formula is C14H25N3O3. The molecule has 1 aliphatic rings. The SMILES string of the molecule is COC1CN(c2nc(CNC(C)(C)C)co2)CC1OC. The predicted molar refractivity (Wildman–Crippen MR) is 76.9 cm³/mol. The minimum atomic E-state index is 0.0584. The van der Waals surface area contributed by atoms with Crippen molar-refractivity contribution in [2.24, 2.45) is 0 Å². The molecule has 0 spiro atoms. The van der Waals surface area contributed by atoms with Crippen LogP contribution < -0.4 is 10.2 Å². The van der Waals surface area contributed by atoms with Gasteiger partial charge in [-0.2, -0.15) is 4.98 Å². The molecule has 2 heterocycles. The van der Waals surface area contributed by atoms with E-state index in [0.717, 1.165) is 18.8 Å². The Morgan fingerprint density at radius 1 is 1.30 bits per heavy atom. The summed E-state index contributed by atoms with van der Waals surface area (Å²) >= 11 is 0. The average Bonchev–Trinajstić information content (AvgIpc) is 3.01. The molecule has 0 radical (unpaired) electrons. The molecule has 0 bridgehead atoms. The maximum Gasteiger partial charge on any atom is 0.297 e. The van der Waals surface area contributed by atoms with Crippen molar-refractivity contribution in [3.63, 3.8) is 0 Å². The molecule has 0 saturated carbocycles. The molecule has 2 unspecified atom stereocenters. The van der Waals surface area contributed by atoms with Crippen molar-refractivity contribution in [2.75, 3.05) is 32.2 Å². The summed E-state index contributed by atoms with van der Waals surface area (Å²) in [6, 6.07) is 0.636. The summed E-state index contributed by atoms with van der Waals surface area (Å²) in [5.41, 5.74) is 0.972. The summed E-state index contributed by atoms with van der Waals surface area (Å²) in [4.78, 5) is 6.58. The third kappa shape index (κ3) is 3.71. The van der Waals surface area contributed by atoms with E-state index < -0.39 is 0 Å². The third-order valence-corrected chi connectivity index (χ3v) is 3.43. The zero-order valence-electron chi connectivity index (χ0n) is 13.0. The summed E-state index contributed by atoms with van der Waals surface area (Å²) in [5, 5.41) is 3.39. The van der Waals surface area contributed by atoms with Crippen molar-refractivity contribution in [1.82, 2.24) is 10.3 Å². The Bertz CT molecular complexity index is 416. The van der Waals surface area contributed by atoms with Gasteiger partial charge >= 0.3 is 0 Å². The van der Waals surface area contributed by atoms with Crippen LogP contribution in [0.25, 0.3) is 0 Å². The first-order valence-corrected chi connectivity index (χ1v) is 6.93. The molecule has 2 rings (SSSR count). The zero-order chi connectivity index (χ0) is 14.8. The molecule has 20 heavy (non-hydrogen) atoms. The number of aromatic nitrogens is 1. The fraction of sp³-hybridized carbons (Fsp3) is 0.786. The van der Waals surface area contributed by atoms with Crippen LogP contribution >= 0.6 is 0 Å². The molecule has 1 aromatic rings. The highest BCUT2D eigenvalue weighted by Gasteiger charge is 2.35. The first-order valence-electron chi connectivity index (χ1n) is 6.93. The van der Waals surface area contributed by atoms with Gasteiger partial charge in [-0.1, -0.05) is 0 Å². The van der Waals surface area contributed by atoms with E-state index in [0.29, 0.717) is 12.6 Å². The van der Waals surface area contributed by atoms with Crippen molar-refractivity contribution in [3.8, 4) is 0 Å². The number of hydrogen-bond acceptors (Lipinski definition) is 6. The van der Waals surface area contributed by atoms with E-state index in [1.54, 1.807) is 20.5 Å². The van der Waals surface area contributed by atoms with Crippen LogP contribution in [0.2, 0.25) is 0 Å². The van der Waals surface area contributed by atoms with Gasteiger partial charge in [-0.25, -0.2) is 0 Å². The number of rotatable bonds is 5. The number of oxazole rings is 1. The van der Waals surface area contributed by atoms with E-state index in [1.165, 1.54) is 0 Å². The van der Waals surface area contributed by atoms with Crippen LogP contribution in [0.15, 0.2) is 10.7 Å². The number of nitrogens with one attached hydrogen (secondary N) is 1. The summed E-state index contributed by atoms with van der Waals surface area (Å²) < 4.78 is 16.4. The Hall–Kier alpha value is -1.11. The molecule has 114 valence electrons. The highest BCUT2D eigenvalue weighted by Crippen LogP contribution is 2.23. The minimum absolute atomic E-state index is 0.0584. The number of hydrogen-bond donors (Lipinski definition) is 1. The van der Waals surface area contributed by atoms with Gasteiger partial charge in [0.15, 0.2) is 0 Å². The fourth-order valence-corrected chi connectivity index (χ4v) is 2.23. The van der Waals surface area contributed by atoms with Gasteiger partial charge in [0.2, 0.25) is 0 Å². The lowest BCUT2D eigenvalue weighted by molar-refractivity contribution is -0.00461. The van der Waals surface area contributed by atoms with Crippen LogP contribution in [0.1, 0.15) is 26.5 Å². The maximum atomic E-state index is 5.56. The highest BCUT2D eigenvalue weighted by molar-refractivity contribution is 5.30. The molecular weight excluding hydrogens is 258 g/mol. The molecule has 0 aliphatic carbocycles.